The Bertz CT molecular complexity index is 1550. The van der Waals surface area contributed by atoms with E-state index in [-0.39, 0.29) is 5.41 Å². The monoisotopic (exact) mass is 487 g/mol. The SMILES string of the molecule is COC(=O)c1nn(Cc2ccc3oc(-c4nc(C(C)(C)C)cs4)cc3c2)c2ccc(C(C)C)cc12. The highest BCUT2D eigenvalue weighted by Crippen LogP contribution is 2.34. The molecule has 0 N–H and O–H groups in total. The van der Waals surface area contributed by atoms with Crippen molar-refractivity contribution >= 4 is 39.2 Å². The first-order valence-electron chi connectivity index (χ1n) is 11.7. The molecule has 2 aromatic carbocycles. The minimum Gasteiger partial charge on any atom is -0.464 e. The minimum absolute atomic E-state index is 0.000537. The number of hydrogen-bond acceptors (Lipinski definition) is 6. The van der Waals surface area contributed by atoms with Gasteiger partial charge in [0, 0.05) is 21.6 Å². The lowest BCUT2D eigenvalue weighted by molar-refractivity contribution is 0.0595. The molecule has 0 radical (unpaired) electrons. The molecule has 180 valence electrons. The molecule has 3 aromatic heterocycles. The molecule has 5 aromatic rings. The average molecular weight is 488 g/mol. The Morgan fingerprint density at radius 3 is 2.63 bits per heavy atom. The Morgan fingerprint density at radius 1 is 1.14 bits per heavy atom. The van der Waals surface area contributed by atoms with Crippen molar-refractivity contribution < 1.29 is 13.9 Å². The number of rotatable bonds is 5. The van der Waals surface area contributed by atoms with Crippen LogP contribution in [0.25, 0.3) is 32.6 Å². The van der Waals surface area contributed by atoms with Crippen LogP contribution in [0.1, 0.15) is 67.8 Å². The molecule has 0 aliphatic carbocycles. The summed E-state index contributed by atoms with van der Waals surface area (Å²) < 4.78 is 13.0. The Hall–Kier alpha value is -3.45. The highest BCUT2D eigenvalue weighted by molar-refractivity contribution is 7.13. The van der Waals surface area contributed by atoms with Crippen LogP contribution in [-0.4, -0.2) is 27.8 Å². The third-order valence-electron chi connectivity index (χ3n) is 6.22. The number of hydrogen-bond donors (Lipinski definition) is 0. The summed E-state index contributed by atoms with van der Waals surface area (Å²) in [6.07, 6.45) is 0. The number of thiazole rings is 1. The maximum Gasteiger partial charge on any atom is 0.359 e. The first-order valence-corrected chi connectivity index (χ1v) is 12.6. The number of methoxy groups -OCH3 is 1. The van der Waals surface area contributed by atoms with Gasteiger partial charge in [-0.15, -0.1) is 11.3 Å². The topological polar surface area (TPSA) is 70.2 Å². The van der Waals surface area contributed by atoms with Crippen molar-refractivity contribution in [1.29, 1.82) is 0 Å². The Balaban J connectivity index is 1.50. The van der Waals surface area contributed by atoms with Crippen molar-refractivity contribution in [3.63, 3.8) is 0 Å². The van der Waals surface area contributed by atoms with E-state index in [1.54, 1.807) is 11.3 Å². The van der Waals surface area contributed by atoms with E-state index in [9.17, 15) is 4.79 Å². The second kappa shape index (κ2) is 8.64. The fourth-order valence-electron chi connectivity index (χ4n) is 4.12. The molecule has 35 heavy (non-hydrogen) atoms. The second-order valence-electron chi connectivity index (χ2n) is 10.2. The van der Waals surface area contributed by atoms with E-state index in [2.05, 4.69) is 57.2 Å². The van der Waals surface area contributed by atoms with Gasteiger partial charge in [0.05, 0.1) is 24.9 Å². The first-order chi connectivity index (χ1) is 16.6. The van der Waals surface area contributed by atoms with Crippen LogP contribution >= 0.6 is 11.3 Å². The summed E-state index contributed by atoms with van der Waals surface area (Å²) in [7, 11) is 1.39. The van der Waals surface area contributed by atoms with Crippen molar-refractivity contribution in [2.45, 2.75) is 52.5 Å². The van der Waals surface area contributed by atoms with Crippen LogP contribution < -0.4 is 0 Å². The van der Waals surface area contributed by atoms with E-state index in [1.807, 2.05) is 35.0 Å². The van der Waals surface area contributed by atoms with E-state index in [0.717, 1.165) is 49.5 Å². The largest absolute Gasteiger partial charge is 0.464 e. The predicted molar refractivity (Wildman–Crippen MR) is 140 cm³/mol. The number of carbonyl (C=O) groups excluding carboxylic acids is 1. The number of nitrogens with zero attached hydrogens (tertiary/aromatic N) is 3. The number of carbonyl (C=O) groups is 1. The standard InChI is InChI=1S/C28H29N3O3S/c1-16(2)18-8-9-21-20(12-18)25(27(32)33-6)30-31(21)14-17-7-10-22-19(11-17)13-23(34-22)26-29-24(15-35-26)28(3,4)5/h7-13,15-16H,14H2,1-6H3. The second-order valence-corrected chi connectivity index (χ2v) is 11.1. The zero-order valence-electron chi connectivity index (χ0n) is 20.9. The summed E-state index contributed by atoms with van der Waals surface area (Å²) in [4.78, 5) is 17.2. The van der Waals surface area contributed by atoms with E-state index in [1.165, 1.54) is 7.11 Å². The summed E-state index contributed by atoms with van der Waals surface area (Å²) in [5, 5.41) is 9.43. The van der Waals surface area contributed by atoms with Crippen molar-refractivity contribution in [1.82, 2.24) is 14.8 Å². The maximum atomic E-state index is 12.4. The molecule has 3 heterocycles. The lowest BCUT2D eigenvalue weighted by Gasteiger charge is -2.13. The molecule has 0 aliphatic heterocycles. The van der Waals surface area contributed by atoms with E-state index >= 15 is 0 Å². The quantitative estimate of drug-likeness (QED) is 0.246. The molecule has 5 rings (SSSR count). The molecule has 0 spiro atoms. The van der Waals surface area contributed by atoms with Crippen LogP contribution in [0.5, 0.6) is 0 Å². The van der Waals surface area contributed by atoms with E-state index in [0.29, 0.717) is 18.2 Å². The van der Waals surface area contributed by atoms with E-state index in [4.69, 9.17) is 14.1 Å². The number of furan rings is 1. The van der Waals surface area contributed by atoms with Gasteiger partial charge in [-0.3, -0.25) is 4.68 Å². The van der Waals surface area contributed by atoms with Gasteiger partial charge in [0.15, 0.2) is 16.5 Å². The number of fused-ring (bicyclic) bond motifs is 2. The molecule has 6 nitrogen and oxygen atoms in total. The van der Waals surface area contributed by atoms with Crippen LogP contribution in [0.4, 0.5) is 0 Å². The number of esters is 1. The van der Waals surface area contributed by atoms with Crippen LogP contribution in [0.2, 0.25) is 0 Å². The van der Waals surface area contributed by atoms with Gasteiger partial charge >= 0.3 is 5.97 Å². The number of ether oxygens (including phenoxy) is 1. The summed E-state index contributed by atoms with van der Waals surface area (Å²) >= 11 is 1.60. The Labute approximate surface area is 208 Å². The highest BCUT2D eigenvalue weighted by atomic mass is 32.1. The Morgan fingerprint density at radius 2 is 1.94 bits per heavy atom. The molecule has 7 heteroatoms. The van der Waals surface area contributed by atoms with Gasteiger partial charge in [0.1, 0.15) is 5.58 Å². The van der Waals surface area contributed by atoms with Gasteiger partial charge in [-0.05, 0) is 47.4 Å². The molecule has 0 amide bonds. The lowest BCUT2D eigenvalue weighted by atomic mass is 9.93. The molecular formula is C28H29N3O3S. The van der Waals surface area contributed by atoms with Crippen molar-refractivity contribution in [2.24, 2.45) is 0 Å². The third-order valence-corrected chi connectivity index (χ3v) is 7.07. The number of benzene rings is 2. The van der Waals surface area contributed by atoms with Crippen LogP contribution in [0, 0.1) is 0 Å². The fraction of sp³-hybridized carbons (Fsp3) is 0.321. The average Bonchev–Trinajstić information content (AvgIpc) is 3.54. The van der Waals surface area contributed by atoms with Crippen LogP contribution in [0.15, 0.2) is 52.3 Å². The molecule has 0 bridgehead atoms. The molecule has 0 unspecified atom stereocenters. The molecule has 0 saturated carbocycles. The zero-order chi connectivity index (χ0) is 24.9. The molecule has 0 aliphatic rings. The fourth-order valence-corrected chi connectivity index (χ4v) is 5.12. The Kier molecular flexibility index (Phi) is 5.75. The molecule has 0 atom stereocenters. The zero-order valence-corrected chi connectivity index (χ0v) is 21.7. The van der Waals surface area contributed by atoms with Crippen molar-refractivity contribution in [3.8, 4) is 10.8 Å². The molecular weight excluding hydrogens is 458 g/mol. The first kappa shape index (κ1) is 23.3. The number of aromatic nitrogens is 3. The predicted octanol–water partition coefficient (Wildman–Crippen LogP) is 7.16. The van der Waals surface area contributed by atoms with Gasteiger partial charge in [0.2, 0.25) is 0 Å². The minimum atomic E-state index is -0.428. The summed E-state index contributed by atoms with van der Waals surface area (Å²) in [6.45, 7) is 11.3. The summed E-state index contributed by atoms with van der Waals surface area (Å²) in [5.74, 6) is 0.697. The lowest BCUT2D eigenvalue weighted by Crippen LogP contribution is -2.11. The molecule has 0 fully saturated rings. The third kappa shape index (κ3) is 4.36. The maximum absolute atomic E-state index is 12.4. The summed E-state index contributed by atoms with van der Waals surface area (Å²) in [5.41, 5.74) is 5.35. The van der Waals surface area contributed by atoms with Crippen molar-refractivity contribution in [2.75, 3.05) is 7.11 Å². The van der Waals surface area contributed by atoms with Gasteiger partial charge in [-0.2, -0.15) is 5.10 Å². The molecule has 0 saturated heterocycles. The van der Waals surface area contributed by atoms with Gasteiger partial charge in [-0.25, -0.2) is 9.78 Å². The van der Waals surface area contributed by atoms with Gasteiger partial charge in [0.25, 0.3) is 0 Å². The van der Waals surface area contributed by atoms with Crippen molar-refractivity contribution in [3.05, 3.63) is 70.4 Å². The normalized spacial score (nSPS) is 12.2. The highest BCUT2D eigenvalue weighted by Gasteiger charge is 2.21. The smallest absolute Gasteiger partial charge is 0.359 e. The van der Waals surface area contributed by atoms with Crippen LogP contribution in [0.3, 0.4) is 0 Å². The van der Waals surface area contributed by atoms with Gasteiger partial charge in [-0.1, -0.05) is 46.8 Å². The summed E-state index contributed by atoms with van der Waals surface area (Å²) in [6, 6.07) is 14.3. The van der Waals surface area contributed by atoms with Gasteiger partial charge < -0.3 is 9.15 Å². The van der Waals surface area contributed by atoms with Crippen LogP contribution in [-0.2, 0) is 16.7 Å². The van der Waals surface area contributed by atoms with E-state index < -0.39 is 5.97 Å².